The Balaban J connectivity index is 1.96. The van der Waals surface area contributed by atoms with Gasteiger partial charge in [-0.05, 0) is 31.5 Å². The molecular weight excluding hydrogens is 454 g/mol. The molecule has 0 fully saturated rings. The first kappa shape index (κ1) is 23.4. The lowest BCUT2D eigenvalue weighted by atomic mass is 10.0. The summed E-state index contributed by atoms with van der Waals surface area (Å²) < 4.78 is 43.4. The van der Waals surface area contributed by atoms with E-state index in [-0.39, 0.29) is 9.80 Å². The van der Waals surface area contributed by atoms with Gasteiger partial charge in [0.2, 0.25) is 21.4 Å². The highest BCUT2D eigenvalue weighted by molar-refractivity contribution is 7.96. The first-order valence-corrected chi connectivity index (χ1v) is 12.0. The number of allylic oxidation sites excluding steroid dienone is 1. The van der Waals surface area contributed by atoms with E-state index < -0.39 is 15.6 Å². The van der Waals surface area contributed by atoms with E-state index >= 15 is 0 Å². The Labute approximate surface area is 199 Å². The van der Waals surface area contributed by atoms with Crippen LogP contribution in [0.2, 0.25) is 0 Å². The van der Waals surface area contributed by atoms with Crippen molar-refractivity contribution in [3.8, 4) is 17.2 Å². The highest BCUT2D eigenvalue weighted by atomic mass is 32.2. The molecule has 0 saturated heterocycles. The minimum Gasteiger partial charge on any atom is -0.493 e. The van der Waals surface area contributed by atoms with E-state index in [0.717, 1.165) is 5.56 Å². The van der Waals surface area contributed by atoms with Crippen molar-refractivity contribution in [3.63, 3.8) is 0 Å². The first-order chi connectivity index (χ1) is 16.2. The van der Waals surface area contributed by atoms with E-state index in [2.05, 4.69) is 0 Å². The maximum atomic E-state index is 13.5. The van der Waals surface area contributed by atoms with Gasteiger partial charge < -0.3 is 19.1 Å². The SMILES string of the molecule is COc1cc(N2C=C(C(=O)c3ccc(C)cc3C)S(=O)(=O)c3ccccc32)cc(OC)c1OC. The monoisotopic (exact) mass is 479 g/mol. The molecule has 4 rings (SSSR count). The zero-order valence-corrected chi connectivity index (χ0v) is 20.4. The second-order valence-corrected chi connectivity index (χ2v) is 9.75. The van der Waals surface area contributed by atoms with Gasteiger partial charge in [0.1, 0.15) is 4.91 Å². The molecule has 7 nitrogen and oxygen atoms in total. The van der Waals surface area contributed by atoms with Crippen LogP contribution in [-0.4, -0.2) is 35.5 Å². The van der Waals surface area contributed by atoms with Gasteiger partial charge in [0, 0.05) is 23.9 Å². The van der Waals surface area contributed by atoms with Crippen molar-refractivity contribution in [3.05, 3.63) is 82.4 Å². The number of sulfone groups is 1. The summed E-state index contributed by atoms with van der Waals surface area (Å²) in [7, 11) is 0.445. The number of fused-ring (bicyclic) bond motifs is 1. The standard InChI is InChI=1S/C26H25NO6S/c1-16-10-11-19(17(2)12-16)25(28)24-15-27(20-8-6-7-9-23(20)34(24,29)30)18-13-21(31-3)26(33-5)22(14-18)32-4/h6-15H,1-5H3. The quantitative estimate of drug-likeness (QED) is 0.461. The van der Waals surface area contributed by atoms with Crippen LogP contribution in [0.4, 0.5) is 11.4 Å². The summed E-state index contributed by atoms with van der Waals surface area (Å²) in [6, 6.07) is 15.3. The fourth-order valence-corrected chi connectivity index (χ4v) is 5.59. The number of Topliss-reactive ketones (excluding diaryl/α,β-unsaturated/α-hetero) is 1. The van der Waals surface area contributed by atoms with Gasteiger partial charge in [0.25, 0.3) is 0 Å². The Morgan fingerprint density at radius 1 is 0.853 bits per heavy atom. The molecule has 0 atom stereocenters. The van der Waals surface area contributed by atoms with Crippen molar-refractivity contribution in [2.75, 3.05) is 26.2 Å². The molecule has 0 unspecified atom stereocenters. The lowest BCUT2D eigenvalue weighted by molar-refractivity contribution is 0.104. The van der Waals surface area contributed by atoms with Crippen molar-refractivity contribution in [2.45, 2.75) is 18.7 Å². The number of ketones is 1. The molecule has 0 amide bonds. The van der Waals surface area contributed by atoms with Crippen molar-refractivity contribution in [2.24, 2.45) is 0 Å². The first-order valence-electron chi connectivity index (χ1n) is 10.5. The predicted octanol–water partition coefficient (Wildman–Crippen LogP) is 4.98. The van der Waals surface area contributed by atoms with E-state index in [4.69, 9.17) is 14.2 Å². The molecule has 0 aromatic heterocycles. The summed E-state index contributed by atoms with van der Waals surface area (Å²) in [6.45, 7) is 3.71. The van der Waals surface area contributed by atoms with Gasteiger partial charge in [-0.1, -0.05) is 35.9 Å². The van der Waals surface area contributed by atoms with Gasteiger partial charge in [-0.2, -0.15) is 0 Å². The summed E-state index contributed by atoms with van der Waals surface area (Å²) in [5.74, 6) is 0.642. The van der Waals surface area contributed by atoms with Crippen LogP contribution in [0, 0.1) is 13.8 Å². The number of rotatable bonds is 6. The zero-order chi connectivity index (χ0) is 24.6. The molecule has 0 N–H and O–H groups in total. The number of hydrogen-bond donors (Lipinski definition) is 0. The Kier molecular flexibility index (Phi) is 6.10. The minimum absolute atomic E-state index is 0.0411. The van der Waals surface area contributed by atoms with Gasteiger partial charge in [-0.3, -0.25) is 4.79 Å². The van der Waals surface area contributed by atoms with Gasteiger partial charge in [-0.25, -0.2) is 8.42 Å². The van der Waals surface area contributed by atoms with Crippen LogP contribution in [0.5, 0.6) is 17.2 Å². The number of nitrogens with zero attached hydrogens (tertiary/aromatic N) is 1. The Morgan fingerprint density at radius 3 is 2.09 bits per heavy atom. The number of hydrogen-bond acceptors (Lipinski definition) is 7. The average molecular weight is 480 g/mol. The Hall–Kier alpha value is -3.78. The fourth-order valence-electron chi connectivity index (χ4n) is 4.06. The van der Waals surface area contributed by atoms with Crippen molar-refractivity contribution in [1.29, 1.82) is 0 Å². The molecule has 34 heavy (non-hydrogen) atoms. The van der Waals surface area contributed by atoms with Crippen LogP contribution in [0.3, 0.4) is 0 Å². The van der Waals surface area contributed by atoms with Crippen LogP contribution in [-0.2, 0) is 9.84 Å². The van der Waals surface area contributed by atoms with Crippen LogP contribution in [0.1, 0.15) is 21.5 Å². The number of aryl methyl sites for hydroxylation is 2. The van der Waals surface area contributed by atoms with E-state index in [0.29, 0.717) is 39.8 Å². The molecule has 0 spiro atoms. The third-order valence-electron chi connectivity index (χ3n) is 5.73. The third-order valence-corrected chi connectivity index (χ3v) is 7.52. The van der Waals surface area contributed by atoms with Crippen molar-refractivity contribution < 1.29 is 27.4 Å². The second-order valence-electron chi connectivity index (χ2n) is 7.87. The van der Waals surface area contributed by atoms with E-state index in [9.17, 15) is 13.2 Å². The number of ether oxygens (including phenoxy) is 3. The maximum absolute atomic E-state index is 13.5. The van der Waals surface area contributed by atoms with E-state index in [1.54, 1.807) is 54.3 Å². The van der Waals surface area contributed by atoms with Crippen LogP contribution in [0.15, 0.2) is 70.6 Å². The fraction of sp³-hybridized carbons (Fsp3) is 0.192. The molecular formula is C26H25NO6S. The van der Waals surface area contributed by atoms with Crippen molar-refractivity contribution >= 4 is 27.0 Å². The predicted molar refractivity (Wildman–Crippen MR) is 130 cm³/mol. The molecule has 1 aliphatic rings. The van der Waals surface area contributed by atoms with Gasteiger partial charge in [-0.15, -0.1) is 0 Å². The highest BCUT2D eigenvalue weighted by Gasteiger charge is 2.36. The number of para-hydroxylation sites is 1. The highest BCUT2D eigenvalue weighted by Crippen LogP contribution is 2.46. The number of carbonyl (C=O) groups is 1. The second kappa shape index (κ2) is 8.87. The summed E-state index contributed by atoms with van der Waals surface area (Å²) in [6.07, 6.45) is 1.36. The molecule has 0 aliphatic carbocycles. The molecule has 8 heteroatoms. The molecule has 1 aliphatic heterocycles. The third kappa shape index (κ3) is 3.80. The number of anilines is 2. The average Bonchev–Trinajstić information content (AvgIpc) is 2.83. The smallest absolute Gasteiger partial charge is 0.214 e. The van der Waals surface area contributed by atoms with Crippen molar-refractivity contribution in [1.82, 2.24) is 0 Å². The van der Waals surface area contributed by atoms with Crippen LogP contribution in [0.25, 0.3) is 0 Å². The van der Waals surface area contributed by atoms with Gasteiger partial charge >= 0.3 is 0 Å². The lowest BCUT2D eigenvalue weighted by Crippen LogP contribution is -2.26. The summed E-state index contributed by atoms with van der Waals surface area (Å²) in [4.78, 5) is 14.9. The minimum atomic E-state index is -4.06. The molecule has 0 radical (unpaired) electrons. The topological polar surface area (TPSA) is 82.1 Å². The molecule has 0 saturated carbocycles. The number of benzene rings is 3. The molecule has 176 valence electrons. The van der Waals surface area contributed by atoms with Crippen LogP contribution < -0.4 is 19.1 Å². The molecule has 1 heterocycles. The summed E-state index contributed by atoms with van der Waals surface area (Å²) in [5, 5.41) is 0. The molecule has 3 aromatic carbocycles. The Morgan fingerprint density at radius 2 is 1.50 bits per heavy atom. The Bertz CT molecular complexity index is 1400. The molecule has 3 aromatic rings. The lowest BCUT2D eigenvalue weighted by Gasteiger charge is -2.29. The van der Waals surface area contributed by atoms with E-state index in [1.807, 2.05) is 13.0 Å². The largest absolute Gasteiger partial charge is 0.493 e. The van der Waals surface area contributed by atoms with Gasteiger partial charge in [0.05, 0.1) is 37.6 Å². The zero-order valence-electron chi connectivity index (χ0n) is 19.6. The summed E-state index contributed by atoms with van der Waals surface area (Å²) >= 11 is 0. The van der Waals surface area contributed by atoms with E-state index in [1.165, 1.54) is 33.6 Å². The summed E-state index contributed by atoms with van der Waals surface area (Å²) in [5.41, 5.74) is 2.99. The van der Waals surface area contributed by atoms with Gasteiger partial charge in [0.15, 0.2) is 11.5 Å². The van der Waals surface area contributed by atoms with Crippen LogP contribution >= 0.6 is 0 Å². The number of methoxy groups -OCH3 is 3. The number of carbonyl (C=O) groups excluding carboxylic acids is 1. The maximum Gasteiger partial charge on any atom is 0.214 e. The normalized spacial score (nSPS) is 14.1. The molecule has 0 bridgehead atoms.